The summed E-state index contributed by atoms with van der Waals surface area (Å²) in [6, 6.07) is 11.9. The lowest BCUT2D eigenvalue weighted by Gasteiger charge is -2.10. The van der Waals surface area contributed by atoms with Gasteiger partial charge in [-0.05, 0) is 42.7 Å². The highest BCUT2D eigenvalue weighted by Gasteiger charge is 2.23. The summed E-state index contributed by atoms with van der Waals surface area (Å²) in [7, 11) is 1.68. The number of thiophene rings is 1. The Labute approximate surface area is 224 Å². The number of hydrogen-bond acceptors (Lipinski definition) is 7. The zero-order valence-electron chi connectivity index (χ0n) is 20.1. The molecule has 3 heterocycles. The van der Waals surface area contributed by atoms with Gasteiger partial charge in [0.2, 0.25) is 0 Å². The maximum atomic E-state index is 14.8. The lowest BCUT2D eigenvalue weighted by Crippen LogP contribution is -2.30. The quantitative estimate of drug-likeness (QED) is 0.221. The third-order valence-corrected chi connectivity index (χ3v) is 6.75. The molecule has 37 heavy (non-hydrogen) atoms. The highest BCUT2D eigenvalue weighted by molar-refractivity contribution is 7.22. The van der Waals surface area contributed by atoms with Crippen molar-refractivity contribution in [1.82, 2.24) is 20.6 Å². The molecule has 0 radical (unpaired) electrons. The van der Waals surface area contributed by atoms with E-state index in [9.17, 15) is 9.18 Å². The van der Waals surface area contributed by atoms with Crippen LogP contribution in [0.3, 0.4) is 0 Å². The molecule has 3 aromatic heterocycles. The maximum Gasteiger partial charge on any atom is 0.319 e. The number of fused-ring (bicyclic) bond motifs is 1. The summed E-state index contributed by atoms with van der Waals surface area (Å²) in [5.74, 6) is -0.00678. The van der Waals surface area contributed by atoms with Crippen LogP contribution in [0, 0.1) is 5.82 Å². The molecule has 0 atom stereocenters. The fourth-order valence-electron chi connectivity index (χ4n) is 3.56. The predicted molar refractivity (Wildman–Crippen MR) is 145 cm³/mol. The number of halogens is 2. The van der Waals surface area contributed by atoms with Crippen molar-refractivity contribution in [2.75, 3.05) is 25.6 Å². The molecular formula is C26H27ClFN5O3S. The van der Waals surface area contributed by atoms with Crippen molar-refractivity contribution in [3.05, 3.63) is 66.2 Å². The zero-order valence-corrected chi connectivity index (χ0v) is 21.8. The molecule has 0 bridgehead atoms. The summed E-state index contributed by atoms with van der Waals surface area (Å²) in [6.07, 6.45) is 5.44. The Bertz CT molecular complexity index is 1360. The number of aromatic nitrogens is 2. The maximum absolute atomic E-state index is 14.8. The number of amides is 2. The van der Waals surface area contributed by atoms with Gasteiger partial charge in [0.1, 0.15) is 5.75 Å². The van der Waals surface area contributed by atoms with Crippen LogP contribution in [0.1, 0.15) is 18.4 Å². The molecule has 11 heteroatoms. The van der Waals surface area contributed by atoms with Gasteiger partial charge in [0.25, 0.3) is 0 Å². The molecule has 1 aliphatic carbocycles. The lowest BCUT2D eigenvalue weighted by atomic mass is 10.2. The fraction of sp³-hybridized carbons (Fsp3) is 0.269. The second-order valence-corrected chi connectivity index (χ2v) is 9.53. The average molecular weight is 544 g/mol. The Morgan fingerprint density at radius 1 is 1.14 bits per heavy atom. The highest BCUT2D eigenvalue weighted by Crippen LogP contribution is 2.39. The normalized spacial score (nSPS) is 12.7. The molecule has 1 saturated carbocycles. The van der Waals surface area contributed by atoms with E-state index in [1.54, 1.807) is 25.4 Å². The molecule has 3 N–H and O–H groups in total. The van der Waals surface area contributed by atoms with Gasteiger partial charge in [-0.25, -0.2) is 9.18 Å². The number of ether oxygens (including phenoxy) is 2. The standard InChI is InChI=1S/C26H26FN5O3S.ClH/c1-34-11-10-28-14-16-2-6-20(30-15-16)24-13-21-25(36-24)23(8-9-29-21)35-22-7-5-18(12-19(22)27)32-26(33)31-17-3-4-17;/h2,5-9,12-13,15,17,28H,3-4,10-11,14H2,1H3,(H2,31,32,33);1H. The summed E-state index contributed by atoms with van der Waals surface area (Å²) < 4.78 is 26.5. The Kier molecular flexibility index (Phi) is 8.88. The second-order valence-electron chi connectivity index (χ2n) is 8.48. The van der Waals surface area contributed by atoms with Crippen molar-refractivity contribution in [2.24, 2.45) is 0 Å². The molecule has 4 aromatic rings. The van der Waals surface area contributed by atoms with Crippen LogP contribution >= 0.6 is 23.7 Å². The number of carbonyl (C=O) groups excluding carboxylic acids is 1. The van der Waals surface area contributed by atoms with Crippen molar-refractivity contribution >= 4 is 45.7 Å². The highest BCUT2D eigenvalue weighted by atomic mass is 35.5. The monoisotopic (exact) mass is 543 g/mol. The number of nitrogens with zero attached hydrogens (tertiary/aromatic N) is 2. The molecule has 2 amide bonds. The number of anilines is 1. The topological polar surface area (TPSA) is 97.4 Å². The van der Waals surface area contributed by atoms with E-state index in [0.717, 1.165) is 45.7 Å². The molecule has 0 spiro atoms. The van der Waals surface area contributed by atoms with E-state index in [1.165, 1.54) is 23.5 Å². The summed E-state index contributed by atoms with van der Waals surface area (Å²) in [4.78, 5) is 21.9. The first kappa shape index (κ1) is 26.7. The molecule has 1 aromatic carbocycles. The number of urea groups is 1. The predicted octanol–water partition coefficient (Wildman–Crippen LogP) is 5.73. The van der Waals surface area contributed by atoms with Crippen molar-refractivity contribution in [3.8, 4) is 22.1 Å². The van der Waals surface area contributed by atoms with Crippen molar-refractivity contribution in [3.63, 3.8) is 0 Å². The minimum atomic E-state index is -0.572. The Morgan fingerprint density at radius 3 is 2.73 bits per heavy atom. The van der Waals surface area contributed by atoms with Crippen LogP contribution in [0.15, 0.2) is 54.9 Å². The largest absolute Gasteiger partial charge is 0.453 e. The summed E-state index contributed by atoms with van der Waals surface area (Å²) >= 11 is 1.49. The van der Waals surface area contributed by atoms with Crippen LogP contribution in [0.4, 0.5) is 14.9 Å². The molecule has 0 aliphatic heterocycles. The summed E-state index contributed by atoms with van der Waals surface area (Å²) in [5.41, 5.74) is 3.02. The molecule has 1 fully saturated rings. The van der Waals surface area contributed by atoms with Gasteiger partial charge in [0, 0.05) is 56.5 Å². The Hall–Kier alpha value is -3.31. The van der Waals surface area contributed by atoms with Crippen LogP contribution in [-0.2, 0) is 11.3 Å². The average Bonchev–Trinajstić information content (AvgIpc) is 3.57. The first-order chi connectivity index (χ1) is 17.6. The number of nitrogens with one attached hydrogen (secondary N) is 3. The summed E-state index contributed by atoms with van der Waals surface area (Å²) in [5, 5.41) is 8.75. The zero-order chi connectivity index (χ0) is 24.9. The van der Waals surface area contributed by atoms with Gasteiger partial charge in [-0.3, -0.25) is 9.97 Å². The van der Waals surface area contributed by atoms with Crippen molar-refractivity contribution in [1.29, 1.82) is 0 Å². The molecule has 8 nitrogen and oxygen atoms in total. The summed E-state index contributed by atoms with van der Waals surface area (Å²) in [6.45, 7) is 2.15. The van der Waals surface area contributed by atoms with E-state index in [2.05, 4.69) is 25.9 Å². The number of methoxy groups -OCH3 is 1. The second kappa shape index (κ2) is 12.3. The molecule has 1 aliphatic rings. The Balaban J connectivity index is 0.00000320. The van der Waals surface area contributed by atoms with Gasteiger partial charge in [-0.15, -0.1) is 23.7 Å². The number of benzene rings is 1. The number of carbonyl (C=O) groups is 1. The molecule has 0 unspecified atom stereocenters. The van der Waals surface area contributed by atoms with Crippen LogP contribution < -0.4 is 20.7 Å². The SMILES string of the molecule is COCCNCc1ccc(-c2cc3nccc(Oc4ccc(NC(=O)NC5CC5)cc4F)c3s2)nc1.Cl. The minimum Gasteiger partial charge on any atom is -0.453 e. The van der Waals surface area contributed by atoms with Gasteiger partial charge >= 0.3 is 6.03 Å². The van der Waals surface area contributed by atoms with Crippen molar-refractivity contribution in [2.45, 2.75) is 25.4 Å². The van der Waals surface area contributed by atoms with E-state index in [0.29, 0.717) is 24.6 Å². The van der Waals surface area contributed by atoms with Crippen molar-refractivity contribution < 1.29 is 18.7 Å². The molecule has 5 rings (SSSR count). The number of pyridine rings is 2. The van der Waals surface area contributed by atoms with Crippen LogP contribution in [0.2, 0.25) is 0 Å². The van der Waals surface area contributed by atoms with E-state index in [-0.39, 0.29) is 30.2 Å². The van der Waals surface area contributed by atoms with E-state index in [1.807, 2.05) is 24.4 Å². The van der Waals surface area contributed by atoms with E-state index < -0.39 is 5.82 Å². The third kappa shape index (κ3) is 6.92. The van der Waals surface area contributed by atoms with E-state index in [4.69, 9.17) is 9.47 Å². The van der Waals surface area contributed by atoms with Crippen LogP contribution in [-0.4, -0.2) is 42.3 Å². The van der Waals surface area contributed by atoms with Crippen LogP contribution in [0.5, 0.6) is 11.5 Å². The molecule has 194 valence electrons. The minimum absolute atomic E-state index is 0. The fourth-order valence-corrected chi connectivity index (χ4v) is 4.61. The third-order valence-electron chi connectivity index (χ3n) is 5.59. The Morgan fingerprint density at radius 2 is 2.00 bits per heavy atom. The number of hydrogen-bond donors (Lipinski definition) is 3. The lowest BCUT2D eigenvalue weighted by molar-refractivity contribution is 0.199. The van der Waals surface area contributed by atoms with E-state index >= 15 is 0 Å². The molecular weight excluding hydrogens is 517 g/mol. The van der Waals surface area contributed by atoms with Gasteiger partial charge < -0.3 is 25.4 Å². The van der Waals surface area contributed by atoms with Crippen LogP contribution in [0.25, 0.3) is 20.8 Å². The smallest absolute Gasteiger partial charge is 0.319 e. The number of rotatable bonds is 10. The molecule has 0 saturated heterocycles. The van der Waals surface area contributed by atoms with Gasteiger partial charge in [0.15, 0.2) is 11.6 Å². The van der Waals surface area contributed by atoms with Gasteiger partial charge in [-0.1, -0.05) is 6.07 Å². The first-order valence-electron chi connectivity index (χ1n) is 11.7. The van der Waals surface area contributed by atoms with Gasteiger partial charge in [-0.2, -0.15) is 0 Å². The first-order valence-corrected chi connectivity index (χ1v) is 12.5. The van der Waals surface area contributed by atoms with Gasteiger partial charge in [0.05, 0.1) is 27.4 Å².